The van der Waals surface area contributed by atoms with Gasteiger partial charge in [0.15, 0.2) is 0 Å². The van der Waals surface area contributed by atoms with E-state index in [1.165, 1.54) is 29.2 Å². The van der Waals surface area contributed by atoms with E-state index in [9.17, 15) is 19.1 Å². The number of amides is 1. The maximum absolute atomic E-state index is 13.3. The minimum atomic E-state index is -0.731. The normalized spacial score (nSPS) is 18.1. The largest absolute Gasteiger partial charge is 0.507 e. The van der Waals surface area contributed by atoms with Crippen LogP contribution in [0.4, 0.5) is 4.39 Å². The van der Waals surface area contributed by atoms with Crippen LogP contribution in [-0.2, 0) is 9.59 Å². The Bertz CT molecular complexity index is 964. The predicted octanol–water partition coefficient (Wildman–Crippen LogP) is 5.22. The summed E-state index contributed by atoms with van der Waals surface area (Å²) in [5, 5.41) is 10.9. The lowest BCUT2D eigenvalue weighted by Gasteiger charge is -2.25. The van der Waals surface area contributed by atoms with Crippen LogP contribution in [0, 0.1) is 5.82 Å². The van der Waals surface area contributed by atoms with Crippen molar-refractivity contribution in [3.8, 4) is 5.75 Å². The van der Waals surface area contributed by atoms with E-state index in [1.54, 1.807) is 24.3 Å². The quantitative estimate of drug-likeness (QED) is 0.272. The van der Waals surface area contributed by atoms with Crippen molar-refractivity contribution < 1.29 is 23.8 Å². The minimum absolute atomic E-state index is 0.0176. The summed E-state index contributed by atoms with van der Waals surface area (Å²) in [6.45, 7) is 6.33. The molecule has 1 unspecified atom stereocenters. The van der Waals surface area contributed by atoms with E-state index in [1.807, 2.05) is 13.8 Å². The molecule has 1 saturated heterocycles. The molecule has 1 aliphatic rings. The summed E-state index contributed by atoms with van der Waals surface area (Å²) in [5.74, 6) is -1.43. The fraction of sp³-hybridized carbons (Fsp3) is 0.360. The Hall–Kier alpha value is -3.15. The molecule has 2 aromatic carbocycles. The first-order valence-corrected chi connectivity index (χ1v) is 10.6. The number of ether oxygens (including phenoxy) is 1. The third-order valence-electron chi connectivity index (χ3n) is 5.23. The summed E-state index contributed by atoms with van der Waals surface area (Å²) in [6.07, 6.45) is 2.68. The second-order valence-corrected chi connectivity index (χ2v) is 7.94. The van der Waals surface area contributed by atoms with E-state index >= 15 is 0 Å². The second kappa shape index (κ2) is 9.77. The zero-order valence-electron chi connectivity index (χ0n) is 18.1. The number of ketones is 1. The molecule has 164 valence electrons. The van der Waals surface area contributed by atoms with Gasteiger partial charge < -0.3 is 14.7 Å². The summed E-state index contributed by atoms with van der Waals surface area (Å²) >= 11 is 0. The minimum Gasteiger partial charge on any atom is -0.507 e. The van der Waals surface area contributed by atoms with Crippen LogP contribution in [-0.4, -0.2) is 34.3 Å². The average Bonchev–Trinajstić information content (AvgIpc) is 2.99. The summed E-state index contributed by atoms with van der Waals surface area (Å²) in [5.41, 5.74) is 1.01. The number of Topliss-reactive ketones (excluding diaryl/α,β-unsaturated/α-hetero) is 1. The zero-order valence-corrected chi connectivity index (χ0v) is 18.1. The number of aliphatic hydroxyl groups is 1. The molecule has 5 nitrogen and oxygen atoms in total. The molecule has 1 N–H and O–H groups in total. The maximum atomic E-state index is 13.3. The van der Waals surface area contributed by atoms with Crippen LogP contribution >= 0.6 is 0 Å². The molecular weight excluding hydrogens is 397 g/mol. The molecule has 1 heterocycles. The highest BCUT2D eigenvalue weighted by atomic mass is 19.1. The molecule has 31 heavy (non-hydrogen) atoms. The van der Waals surface area contributed by atoms with Gasteiger partial charge in [0.25, 0.3) is 11.7 Å². The Balaban J connectivity index is 2.06. The molecule has 2 aromatic rings. The van der Waals surface area contributed by atoms with Crippen LogP contribution in [0.15, 0.2) is 54.1 Å². The fourth-order valence-electron chi connectivity index (χ4n) is 3.75. The number of hydrogen-bond donors (Lipinski definition) is 1. The van der Waals surface area contributed by atoms with Gasteiger partial charge in [-0.3, -0.25) is 9.59 Å². The van der Waals surface area contributed by atoms with Gasteiger partial charge in [-0.2, -0.15) is 0 Å². The molecule has 1 aliphatic heterocycles. The lowest BCUT2D eigenvalue weighted by atomic mass is 9.95. The van der Waals surface area contributed by atoms with E-state index in [4.69, 9.17) is 4.74 Å². The summed E-state index contributed by atoms with van der Waals surface area (Å²) in [4.78, 5) is 27.3. The van der Waals surface area contributed by atoms with Gasteiger partial charge in [-0.05, 0) is 62.2 Å². The number of rotatable bonds is 8. The Morgan fingerprint density at radius 2 is 1.71 bits per heavy atom. The molecule has 6 heteroatoms. The Morgan fingerprint density at radius 1 is 1.06 bits per heavy atom. The lowest BCUT2D eigenvalue weighted by Crippen LogP contribution is -2.30. The monoisotopic (exact) mass is 425 g/mol. The average molecular weight is 426 g/mol. The number of hydrogen-bond acceptors (Lipinski definition) is 4. The molecule has 0 spiro atoms. The van der Waals surface area contributed by atoms with Crippen molar-refractivity contribution in [2.45, 2.75) is 52.2 Å². The molecule has 0 saturated carbocycles. The van der Waals surface area contributed by atoms with Crippen molar-refractivity contribution >= 4 is 17.4 Å². The number of carbonyl (C=O) groups excluding carboxylic acids is 2. The molecule has 0 aromatic heterocycles. The van der Waals surface area contributed by atoms with Crippen LogP contribution in [0.25, 0.3) is 5.76 Å². The number of benzene rings is 2. The summed E-state index contributed by atoms with van der Waals surface area (Å²) < 4.78 is 19.0. The number of likely N-dealkylation sites (tertiary alicyclic amines) is 1. The van der Waals surface area contributed by atoms with Crippen molar-refractivity contribution in [3.05, 3.63) is 71.0 Å². The van der Waals surface area contributed by atoms with E-state index in [2.05, 4.69) is 6.92 Å². The van der Waals surface area contributed by atoms with Crippen molar-refractivity contribution in [3.63, 3.8) is 0 Å². The smallest absolute Gasteiger partial charge is 0.295 e. The maximum Gasteiger partial charge on any atom is 0.295 e. The molecular formula is C25H28FNO4. The van der Waals surface area contributed by atoms with Gasteiger partial charge in [0, 0.05) is 12.1 Å². The van der Waals surface area contributed by atoms with Gasteiger partial charge in [0.1, 0.15) is 17.3 Å². The van der Waals surface area contributed by atoms with Crippen molar-refractivity contribution in [1.29, 1.82) is 0 Å². The first-order valence-electron chi connectivity index (χ1n) is 10.6. The predicted molar refractivity (Wildman–Crippen MR) is 117 cm³/mol. The number of unbranched alkanes of at least 4 members (excludes halogenated alkanes) is 2. The molecule has 0 radical (unpaired) electrons. The van der Waals surface area contributed by atoms with Gasteiger partial charge in [-0.15, -0.1) is 0 Å². The number of nitrogens with zero attached hydrogens (tertiary/aromatic N) is 1. The third-order valence-corrected chi connectivity index (χ3v) is 5.23. The molecule has 3 rings (SSSR count). The van der Waals surface area contributed by atoms with Gasteiger partial charge >= 0.3 is 0 Å². The van der Waals surface area contributed by atoms with Gasteiger partial charge in [0.2, 0.25) is 0 Å². The van der Waals surface area contributed by atoms with E-state index in [-0.39, 0.29) is 23.0 Å². The van der Waals surface area contributed by atoms with Crippen molar-refractivity contribution in [1.82, 2.24) is 4.90 Å². The number of aliphatic hydroxyl groups excluding tert-OH is 1. The highest BCUT2D eigenvalue weighted by Crippen LogP contribution is 2.40. The molecule has 0 aliphatic carbocycles. The van der Waals surface area contributed by atoms with Crippen LogP contribution in [0.2, 0.25) is 0 Å². The number of carbonyl (C=O) groups is 2. The highest BCUT2D eigenvalue weighted by Gasteiger charge is 2.45. The fourth-order valence-corrected chi connectivity index (χ4v) is 3.75. The Kier molecular flexibility index (Phi) is 7.10. The standard InChI is InChI=1S/C25H28FNO4/c1-4-5-6-15-27-22(17-9-13-20(14-10-17)31-16(2)3)21(24(29)25(27)30)23(28)18-7-11-19(26)12-8-18/h7-14,16,22,28H,4-6,15H2,1-3H3/b23-21-. The third kappa shape index (κ3) is 4.95. The van der Waals surface area contributed by atoms with Crippen LogP contribution in [0.5, 0.6) is 5.75 Å². The molecule has 1 atom stereocenters. The molecule has 1 fully saturated rings. The summed E-state index contributed by atoms with van der Waals surface area (Å²) in [6, 6.07) is 11.7. The highest BCUT2D eigenvalue weighted by molar-refractivity contribution is 6.46. The number of halogens is 1. The van der Waals surface area contributed by atoms with E-state index in [0.29, 0.717) is 17.9 Å². The van der Waals surface area contributed by atoms with Crippen LogP contribution in [0.1, 0.15) is 57.2 Å². The van der Waals surface area contributed by atoms with Gasteiger partial charge in [-0.25, -0.2) is 4.39 Å². The SMILES string of the molecule is CCCCCN1C(=O)C(=O)/C(=C(\O)c2ccc(F)cc2)C1c1ccc(OC(C)C)cc1. The molecule has 0 bridgehead atoms. The van der Waals surface area contributed by atoms with Crippen LogP contribution < -0.4 is 4.74 Å². The molecule has 1 amide bonds. The van der Waals surface area contributed by atoms with E-state index in [0.717, 1.165) is 19.3 Å². The topological polar surface area (TPSA) is 66.8 Å². The van der Waals surface area contributed by atoms with Crippen molar-refractivity contribution in [2.75, 3.05) is 6.54 Å². The Labute approximate surface area is 182 Å². The summed E-state index contributed by atoms with van der Waals surface area (Å²) in [7, 11) is 0. The first-order chi connectivity index (χ1) is 14.8. The second-order valence-electron chi connectivity index (χ2n) is 7.94. The lowest BCUT2D eigenvalue weighted by molar-refractivity contribution is -0.139. The van der Waals surface area contributed by atoms with Gasteiger partial charge in [-0.1, -0.05) is 31.9 Å². The van der Waals surface area contributed by atoms with Crippen LogP contribution in [0.3, 0.4) is 0 Å². The first kappa shape index (κ1) is 22.5. The van der Waals surface area contributed by atoms with Crippen molar-refractivity contribution in [2.24, 2.45) is 0 Å². The van der Waals surface area contributed by atoms with Gasteiger partial charge in [0.05, 0.1) is 17.7 Å². The Morgan fingerprint density at radius 3 is 2.29 bits per heavy atom. The zero-order chi connectivity index (χ0) is 22.5. The van der Waals surface area contributed by atoms with E-state index < -0.39 is 23.5 Å².